The van der Waals surface area contributed by atoms with Crippen LogP contribution in [0, 0.1) is 6.92 Å². The second-order valence-corrected chi connectivity index (χ2v) is 6.70. The quantitative estimate of drug-likeness (QED) is 0.663. The average molecular weight is 383 g/mol. The van der Waals surface area contributed by atoms with Crippen LogP contribution >= 0.6 is 0 Å². The molecule has 3 amide bonds. The summed E-state index contributed by atoms with van der Waals surface area (Å²) < 4.78 is 5.27. The van der Waals surface area contributed by atoms with Gasteiger partial charge in [0.2, 0.25) is 0 Å². The van der Waals surface area contributed by atoms with Crippen LogP contribution in [0.25, 0.3) is 0 Å². The number of rotatable bonds is 6. The summed E-state index contributed by atoms with van der Waals surface area (Å²) in [5.74, 6) is -1.15. The fourth-order valence-electron chi connectivity index (χ4n) is 2.35. The lowest BCUT2D eigenvalue weighted by Crippen LogP contribution is -2.35. The summed E-state index contributed by atoms with van der Waals surface area (Å²) >= 11 is 0. The van der Waals surface area contributed by atoms with Gasteiger partial charge in [0.25, 0.3) is 5.91 Å². The van der Waals surface area contributed by atoms with Crippen molar-refractivity contribution in [2.75, 3.05) is 10.6 Å². The number of hydrogen-bond donors (Lipinski definition) is 3. The SMILES string of the molecule is Cc1ccc(NC(=O)[C@H](C)OC(=O)c2ccccc2NC(=O)NC(C)C)cc1. The van der Waals surface area contributed by atoms with Gasteiger partial charge in [-0.25, -0.2) is 9.59 Å². The van der Waals surface area contributed by atoms with Gasteiger partial charge in [-0.05, 0) is 52.0 Å². The van der Waals surface area contributed by atoms with E-state index in [1.165, 1.54) is 13.0 Å². The highest BCUT2D eigenvalue weighted by molar-refractivity contribution is 6.02. The maximum Gasteiger partial charge on any atom is 0.341 e. The molecule has 28 heavy (non-hydrogen) atoms. The molecule has 2 aromatic carbocycles. The molecule has 0 heterocycles. The van der Waals surface area contributed by atoms with Crippen molar-refractivity contribution in [1.29, 1.82) is 0 Å². The minimum atomic E-state index is -1.01. The predicted octanol–water partition coefficient (Wildman–Crippen LogP) is 3.71. The summed E-state index contributed by atoms with van der Waals surface area (Å²) in [6.07, 6.45) is -1.01. The van der Waals surface area contributed by atoms with Crippen molar-refractivity contribution in [2.45, 2.75) is 39.8 Å². The van der Waals surface area contributed by atoms with Crippen molar-refractivity contribution < 1.29 is 19.1 Å². The Labute approximate surface area is 164 Å². The molecule has 7 heteroatoms. The minimum Gasteiger partial charge on any atom is -0.449 e. The van der Waals surface area contributed by atoms with Crippen molar-refractivity contribution in [2.24, 2.45) is 0 Å². The van der Waals surface area contributed by atoms with Gasteiger partial charge >= 0.3 is 12.0 Å². The Morgan fingerprint density at radius 1 is 0.893 bits per heavy atom. The van der Waals surface area contributed by atoms with Gasteiger partial charge in [0.1, 0.15) is 0 Å². The van der Waals surface area contributed by atoms with Crippen LogP contribution in [0.3, 0.4) is 0 Å². The van der Waals surface area contributed by atoms with Crippen molar-refractivity contribution in [3.05, 3.63) is 59.7 Å². The van der Waals surface area contributed by atoms with E-state index in [0.29, 0.717) is 11.4 Å². The van der Waals surface area contributed by atoms with E-state index in [4.69, 9.17) is 4.74 Å². The number of benzene rings is 2. The van der Waals surface area contributed by atoms with E-state index in [9.17, 15) is 14.4 Å². The van der Waals surface area contributed by atoms with Gasteiger partial charge in [0.15, 0.2) is 6.10 Å². The highest BCUT2D eigenvalue weighted by atomic mass is 16.5. The normalized spacial score (nSPS) is 11.5. The van der Waals surface area contributed by atoms with Crippen molar-refractivity contribution in [3.63, 3.8) is 0 Å². The number of esters is 1. The lowest BCUT2D eigenvalue weighted by Gasteiger charge is -2.16. The molecule has 0 aromatic heterocycles. The third-order valence-electron chi connectivity index (χ3n) is 3.79. The van der Waals surface area contributed by atoms with Gasteiger partial charge in [-0.2, -0.15) is 0 Å². The number of amides is 3. The molecule has 0 saturated carbocycles. The van der Waals surface area contributed by atoms with Crippen LogP contribution in [0.5, 0.6) is 0 Å². The molecule has 148 valence electrons. The Balaban J connectivity index is 2.02. The van der Waals surface area contributed by atoms with Gasteiger partial charge < -0.3 is 20.7 Å². The number of para-hydroxylation sites is 1. The van der Waals surface area contributed by atoms with E-state index in [1.807, 2.05) is 32.9 Å². The molecule has 0 bridgehead atoms. The standard InChI is InChI=1S/C21H25N3O4/c1-13(2)22-21(27)24-18-8-6-5-7-17(18)20(26)28-15(4)19(25)23-16-11-9-14(3)10-12-16/h5-13,15H,1-4H3,(H,23,25)(H2,22,24,27)/t15-/m0/s1. The molecule has 2 aromatic rings. The molecule has 0 aliphatic heterocycles. The van der Waals surface area contributed by atoms with Crippen LogP contribution in [-0.4, -0.2) is 30.1 Å². The molecule has 0 aliphatic rings. The van der Waals surface area contributed by atoms with Crippen LogP contribution in [-0.2, 0) is 9.53 Å². The van der Waals surface area contributed by atoms with Crippen molar-refractivity contribution in [3.8, 4) is 0 Å². The molecule has 0 fully saturated rings. The minimum absolute atomic E-state index is 0.0513. The molecule has 0 saturated heterocycles. The van der Waals surface area contributed by atoms with E-state index < -0.39 is 24.0 Å². The first-order valence-electron chi connectivity index (χ1n) is 9.01. The van der Waals surface area contributed by atoms with E-state index in [0.717, 1.165) is 5.56 Å². The molecule has 0 unspecified atom stereocenters. The Bertz CT molecular complexity index is 847. The largest absolute Gasteiger partial charge is 0.449 e. The molecule has 2 rings (SSSR count). The van der Waals surface area contributed by atoms with Gasteiger partial charge in [0.05, 0.1) is 11.3 Å². The zero-order chi connectivity index (χ0) is 20.7. The number of anilines is 2. The average Bonchev–Trinajstić information content (AvgIpc) is 2.63. The van der Waals surface area contributed by atoms with Crippen LogP contribution in [0.4, 0.5) is 16.2 Å². The van der Waals surface area contributed by atoms with Gasteiger partial charge in [-0.3, -0.25) is 4.79 Å². The Morgan fingerprint density at radius 3 is 2.18 bits per heavy atom. The summed E-state index contributed by atoms with van der Waals surface area (Å²) in [6, 6.07) is 13.3. The van der Waals surface area contributed by atoms with Crippen LogP contribution < -0.4 is 16.0 Å². The van der Waals surface area contributed by atoms with Gasteiger partial charge in [0, 0.05) is 11.7 Å². The van der Waals surface area contributed by atoms with E-state index >= 15 is 0 Å². The maximum absolute atomic E-state index is 12.5. The smallest absolute Gasteiger partial charge is 0.341 e. The molecule has 1 atom stereocenters. The van der Waals surface area contributed by atoms with Gasteiger partial charge in [-0.15, -0.1) is 0 Å². The van der Waals surface area contributed by atoms with Crippen molar-refractivity contribution in [1.82, 2.24) is 5.32 Å². The molecule has 0 spiro atoms. The maximum atomic E-state index is 12.5. The molecular weight excluding hydrogens is 358 g/mol. The molecular formula is C21H25N3O4. The van der Waals surface area contributed by atoms with E-state index in [2.05, 4.69) is 16.0 Å². The third-order valence-corrected chi connectivity index (χ3v) is 3.79. The van der Waals surface area contributed by atoms with E-state index in [-0.39, 0.29) is 11.6 Å². The van der Waals surface area contributed by atoms with Crippen LogP contribution in [0.1, 0.15) is 36.7 Å². The van der Waals surface area contributed by atoms with Crippen LogP contribution in [0.2, 0.25) is 0 Å². The fourth-order valence-corrected chi connectivity index (χ4v) is 2.35. The second-order valence-electron chi connectivity index (χ2n) is 6.70. The van der Waals surface area contributed by atoms with E-state index in [1.54, 1.807) is 30.3 Å². The number of urea groups is 1. The lowest BCUT2D eigenvalue weighted by molar-refractivity contribution is -0.123. The fraction of sp³-hybridized carbons (Fsp3) is 0.286. The first kappa shape index (κ1) is 21.0. The molecule has 7 nitrogen and oxygen atoms in total. The first-order valence-corrected chi connectivity index (χ1v) is 9.01. The molecule has 0 aliphatic carbocycles. The summed E-state index contributed by atoms with van der Waals surface area (Å²) in [5, 5.41) is 8.00. The zero-order valence-electron chi connectivity index (χ0n) is 16.4. The van der Waals surface area contributed by atoms with Crippen molar-refractivity contribution >= 4 is 29.3 Å². The first-order chi connectivity index (χ1) is 13.3. The van der Waals surface area contributed by atoms with Crippen LogP contribution in [0.15, 0.2) is 48.5 Å². The molecule has 3 N–H and O–H groups in total. The number of nitrogens with one attached hydrogen (secondary N) is 3. The number of ether oxygens (including phenoxy) is 1. The Kier molecular flexibility index (Phi) is 7.14. The Hall–Kier alpha value is -3.35. The highest BCUT2D eigenvalue weighted by Crippen LogP contribution is 2.17. The monoisotopic (exact) mass is 383 g/mol. The third kappa shape index (κ3) is 6.12. The highest BCUT2D eigenvalue weighted by Gasteiger charge is 2.21. The second kappa shape index (κ2) is 9.55. The topological polar surface area (TPSA) is 96.5 Å². The molecule has 0 radical (unpaired) electrons. The summed E-state index contributed by atoms with van der Waals surface area (Å²) in [4.78, 5) is 36.7. The summed E-state index contributed by atoms with van der Waals surface area (Å²) in [7, 11) is 0. The predicted molar refractivity (Wildman–Crippen MR) is 108 cm³/mol. The summed E-state index contributed by atoms with van der Waals surface area (Å²) in [6.45, 7) is 7.09. The lowest BCUT2D eigenvalue weighted by atomic mass is 10.2. The zero-order valence-corrected chi connectivity index (χ0v) is 16.4. The number of carbonyl (C=O) groups is 3. The number of carbonyl (C=O) groups excluding carboxylic acids is 3. The number of hydrogen-bond acceptors (Lipinski definition) is 4. The number of aryl methyl sites for hydroxylation is 1. The van der Waals surface area contributed by atoms with Gasteiger partial charge in [-0.1, -0.05) is 29.8 Å². The summed E-state index contributed by atoms with van der Waals surface area (Å²) in [5.41, 5.74) is 2.15. The Morgan fingerprint density at radius 2 is 1.54 bits per heavy atom.